The normalized spacial score (nSPS) is 16.0. The summed E-state index contributed by atoms with van der Waals surface area (Å²) in [5.41, 5.74) is 0.634. The van der Waals surface area contributed by atoms with Crippen LogP contribution in [0, 0.1) is 5.82 Å². The predicted molar refractivity (Wildman–Crippen MR) is 102 cm³/mol. The minimum atomic E-state index is -0.334. The molecule has 1 aliphatic heterocycles. The van der Waals surface area contributed by atoms with Crippen molar-refractivity contribution in [1.29, 1.82) is 0 Å². The number of thiocarbonyl (C=S) groups is 1. The van der Waals surface area contributed by atoms with Gasteiger partial charge in [-0.25, -0.2) is 4.39 Å². The fraction of sp³-hybridized carbons (Fsp3) is 0.0526. The van der Waals surface area contributed by atoms with Crippen LogP contribution >= 0.6 is 24.0 Å². The second-order valence-corrected chi connectivity index (χ2v) is 7.24. The summed E-state index contributed by atoms with van der Waals surface area (Å²) in [6, 6.07) is 13.2. The molecule has 3 aromatic rings. The molecule has 1 saturated heterocycles. The molecule has 0 spiro atoms. The fourth-order valence-corrected chi connectivity index (χ4v) is 3.79. The van der Waals surface area contributed by atoms with Crippen LogP contribution < -0.4 is 0 Å². The van der Waals surface area contributed by atoms with Crippen molar-refractivity contribution in [3.05, 3.63) is 77.0 Å². The number of nitrogens with zero attached hydrogens (tertiary/aromatic N) is 1. The van der Waals surface area contributed by atoms with Crippen molar-refractivity contribution in [3.63, 3.8) is 0 Å². The molecule has 0 unspecified atom stereocenters. The molecular weight excluding hydrogens is 373 g/mol. The summed E-state index contributed by atoms with van der Waals surface area (Å²) in [5, 5.41) is 0. The quantitative estimate of drug-likeness (QED) is 0.463. The lowest BCUT2D eigenvalue weighted by molar-refractivity contribution is -0.122. The first-order chi connectivity index (χ1) is 12.6. The minimum Gasteiger partial charge on any atom is -0.467 e. The van der Waals surface area contributed by atoms with Crippen LogP contribution in [-0.4, -0.2) is 15.1 Å². The summed E-state index contributed by atoms with van der Waals surface area (Å²) >= 11 is 6.51. The van der Waals surface area contributed by atoms with Crippen LogP contribution in [0.1, 0.15) is 11.5 Å². The lowest BCUT2D eigenvalue weighted by Gasteiger charge is -2.11. The highest BCUT2D eigenvalue weighted by molar-refractivity contribution is 8.26. The number of furan rings is 2. The van der Waals surface area contributed by atoms with Crippen molar-refractivity contribution >= 4 is 40.3 Å². The largest absolute Gasteiger partial charge is 0.467 e. The Morgan fingerprint density at radius 3 is 2.85 bits per heavy atom. The van der Waals surface area contributed by atoms with E-state index >= 15 is 0 Å². The summed E-state index contributed by atoms with van der Waals surface area (Å²) < 4.78 is 24.8. The van der Waals surface area contributed by atoms with Gasteiger partial charge in [0.2, 0.25) is 0 Å². The molecule has 0 aliphatic carbocycles. The smallest absolute Gasteiger partial charge is 0.266 e. The van der Waals surface area contributed by atoms with Crippen LogP contribution in [0.15, 0.2) is 68.5 Å². The molecule has 1 aliphatic rings. The third-order valence-electron chi connectivity index (χ3n) is 3.78. The Hall–Kier alpha value is -2.64. The van der Waals surface area contributed by atoms with E-state index in [1.807, 2.05) is 0 Å². The summed E-state index contributed by atoms with van der Waals surface area (Å²) in [5.74, 6) is 1.16. The van der Waals surface area contributed by atoms with Gasteiger partial charge >= 0.3 is 0 Å². The van der Waals surface area contributed by atoms with E-state index < -0.39 is 0 Å². The molecule has 1 fully saturated rings. The van der Waals surface area contributed by atoms with E-state index in [9.17, 15) is 9.18 Å². The molecule has 130 valence electrons. The average Bonchev–Trinajstić information content (AvgIpc) is 3.34. The van der Waals surface area contributed by atoms with Crippen LogP contribution in [0.3, 0.4) is 0 Å². The first-order valence-corrected chi connectivity index (χ1v) is 8.96. The van der Waals surface area contributed by atoms with Crippen LogP contribution in [0.2, 0.25) is 0 Å². The highest BCUT2D eigenvalue weighted by Gasteiger charge is 2.32. The number of thioether (sulfide) groups is 1. The van der Waals surface area contributed by atoms with E-state index in [4.69, 9.17) is 21.1 Å². The molecular formula is C19H12FNO3S2. The number of hydrogen-bond acceptors (Lipinski definition) is 5. The number of halogens is 1. The lowest BCUT2D eigenvalue weighted by Crippen LogP contribution is -2.27. The Balaban J connectivity index is 1.55. The molecule has 0 bridgehead atoms. The van der Waals surface area contributed by atoms with E-state index in [-0.39, 0.29) is 11.7 Å². The second kappa shape index (κ2) is 6.93. The first-order valence-electron chi connectivity index (χ1n) is 7.74. The predicted octanol–water partition coefficient (Wildman–Crippen LogP) is 5.08. The van der Waals surface area contributed by atoms with Crippen molar-refractivity contribution in [2.45, 2.75) is 6.54 Å². The molecule has 1 amide bonds. The zero-order chi connectivity index (χ0) is 18.1. The van der Waals surface area contributed by atoms with Gasteiger partial charge in [0.15, 0.2) is 0 Å². The standard InChI is InChI=1S/C19H12FNO3S2/c20-13-4-1-3-12(9-13)16-7-6-14(24-16)10-17-18(22)21(19(25)26-17)11-15-5-2-8-23-15/h1-10H,11H2/b17-10+. The van der Waals surface area contributed by atoms with Gasteiger partial charge in [-0.1, -0.05) is 36.1 Å². The Morgan fingerprint density at radius 1 is 1.19 bits per heavy atom. The number of carbonyl (C=O) groups is 1. The Morgan fingerprint density at radius 2 is 2.08 bits per heavy atom. The highest BCUT2D eigenvalue weighted by atomic mass is 32.2. The van der Waals surface area contributed by atoms with Gasteiger partial charge in [-0.2, -0.15) is 0 Å². The van der Waals surface area contributed by atoms with Crippen molar-refractivity contribution in [3.8, 4) is 11.3 Å². The number of amides is 1. The van der Waals surface area contributed by atoms with Gasteiger partial charge in [-0.15, -0.1) is 0 Å². The molecule has 0 N–H and O–H groups in total. The van der Waals surface area contributed by atoms with Crippen LogP contribution in [0.5, 0.6) is 0 Å². The molecule has 4 nitrogen and oxygen atoms in total. The lowest BCUT2D eigenvalue weighted by atomic mass is 10.2. The summed E-state index contributed by atoms with van der Waals surface area (Å²) in [7, 11) is 0. The third kappa shape index (κ3) is 3.36. The molecule has 0 radical (unpaired) electrons. The maximum Gasteiger partial charge on any atom is 0.266 e. The zero-order valence-corrected chi connectivity index (χ0v) is 15.0. The Bertz CT molecular complexity index is 1010. The third-order valence-corrected chi connectivity index (χ3v) is 5.15. The SMILES string of the molecule is O=C1/C(=C\c2ccc(-c3cccc(F)c3)o2)SC(=S)N1Cc1ccco1. The number of benzene rings is 1. The second-order valence-electron chi connectivity index (χ2n) is 5.56. The Labute approximate surface area is 158 Å². The Kier molecular flexibility index (Phi) is 4.48. The highest BCUT2D eigenvalue weighted by Crippen LogP contribution is 2.34. The molecule has 0 saturated carbocycles. The van der Waals surface area contributed by atoms with Crippen LogP contribution in [0.25, 0.3) is 17.4 Å². The van der Waals surface area contributed by atoms with Gasteiger partial charge < -0.3 is 8.83 Å². The van der Waals surface area contributed by atoms with Gasteiger partial charge in [-0.3, -0.25) is 9.69 Å². The maximum absolute atomic E-state index is 13.4. The number of rotatable bonds is 4. The molecule has 26 heavy (non-hydrogen) atoms. The summed E-state index contributed by atoms with van der Waals surface area (Å²) in [6.45, 7) is 0.293. The van der Waals surface area contributed by atoms with Gasteiger partial charge in [0.1, 0.15) is 27.4 Å². The molecule has 7 heteroatoms. The number of hydrogen-bond donors (Lipinski definition) is 0. The molecule has 4 rings (SSSR count). The van der Waals surface area contributed by atoms with Gasteiger partial charge in [0.05, 0.1) is 17.7 Å². The van der Waals surface area contributed by atoms with E-state index in [0.29, 0.717) is 38.6 Å². The molecule has 0 atom stereocenters. The molecule has 2 aromatic heterocycles. The van der Waals surface area contributed by atoms with E-state index in [0.717, 1.165) is 0 Å². The van der Waals surface area contributed by atoms with Crippen LogP contribution in [0.4, 0.5) is 4.39 Å². The first kappa shape index (κ1) is 16.8. The van der Waals surface area contributed by atoms with E-state index in [1.165, 1.54) is 28.8 Å². The monoisotopic (exact) mass is 385 g/mol. The minimum absolute atomic E-state index is 0.194. The van der Waals surface area contributed by atoms with E-state index in [2.05, 4.69) is 0 Å². The summed E-state index contributed by atoms with van der Waals surface area (Å²) in [4.78, 5) is 14.5. The van der Waals surface area contributed by atoms with E-state index in [1.54, 1.807) is 48.7 Å². The topological polar surface area (TPSA) is 46.6 Å². The van der Waals surface area contributed by atoms with Crippen molar-refractivity contribution in [2.24, 2.45) is 0 Å². The molecule has 1 aromatic carbocycles. The van der Waals surface area contributed by atoms with Crippen LogP contribution in [-0.2, 0) is 11.3 Å². The van der Waals surface area contributed by atoms with Crippen molar-refractivity contribution < 1.29 is 18.0 Å². The van der Waals surface area contributed by atoms with Gasteiger partial charge in [0.25, 0.3) is 5.91 Å². The van der Waals surface area contributed by atoms with Crippen molar-refractivity contribution in [1.82, 2.24) is 4.90 Å². The number of carbonyl (C=O) groups excluding carboxylic acids is 1. The maximum atomic E-state index is 13.4. The average molecular weight is 385 g/mol. The molecule has 3 heterocycles. The summed E-state index contributed by atoms with van der Waals surface area (Å²) in [6.07, 6.45) is 3.20. The zero-order valence-electron chi connectivity index (χ0n) is 13.3. The van der Waals surface area contributed by atoms with Gasteiger partial charge in [-0.05, 0) is 36.4 Å². The van der Waals surface area contributed by atoms with Gasteiger partial charge in [0, 0.05) is 11.6 Å². The fourth-order valence-electron chi connectivity index (χ4n) is 2.55. The van der Waals surface area contributed by atoms with Crippen molar-refractivity contribution in [2.75, 3.05) is 0 Å².